The van der Waals surface area contributed by atoms with E-state index in [4.69, 9.17) is 14.2 Å². The number of phenolic OH excluding ortho intramolecular Hbond substituents is 1. The van der Waals surface area contributed by atoms with Gasteiger partial charge in [0.1, 0.15) is 45.7 Å². The smallest absolute Gasteiger partial charge is 0.259 e. The Morgan fingerprint density at radius 3 is 2.49 bits per heavy atom. The van der Waals surface area contributed by atoms with Crippen LogP contribution < -0.4 is 19.5 Å². The summed E-state index contributed by atoms with van der Waals surface area (Å²) in [4.78, 5) is 52.0. The largest absolute Gasteiger partial charge is 0.507 e. The van der Waals surface area contributed by atoms with Gasteiger partial charge in [0.2, 0.25) is 0 Å². The van der Waals surface area contributed by atoms with Crippen molar-refractivity contribution in [3.05, 3.63) is 70.5 Å². The monoisotopic (exact) mass is 557 g/mol. The van der Waals surface area contributed by atoms with Crippen LogP contribution in [0.4, 0.5) is 0 Å². The zero-order valence-corrected chi connectivity index (χ0v) is 23.5. The van der Waals surface area contributed by atoms with Gasteiger partial charge in [0.15, 0.2) is 17.3 Å². The molecule has 2 aliphatic rings. The van der Waals surface area contributed by atoms with Crippen LogP contribution in [0.25, 0.3) is 10.8 Å². The molecule has 0 aromatic heterocycles. The summed E-state index contributed by atoms with van der Waals surface area (Å²) in [5, 5.41) is 15.7. The number of ether oxygens (including phenoxy) is 3. The lowest BCUT2D eigenvalue weighted by atomic mass is 9.67. The molecule has 0 spiro atoms. The third-order valence-electron chi connectivity index (χ3n) is 7.82. The second kappa shape index (κ2) is 10.4. The van der Waals surface area contributed by atoms with Crippen LogP contribution in [0.5, 0.6) is 23.0 Å². The molecule has 0 bridgehead atoms. The van der Waals surface area contributed by atoms with Crippen molar-refractivity contribution < 1.29 is 38.5 Å². The lowest BCUT2D eigenvalue weighted by molar-refractivity contribution is -0.140. The van der Waals surface area contributed by atoms with Gasteiger partial charge < -0.3 is 24.6 Å². The van der Waals surface area contributed by atoms with Crippen molar-refractivity contribution in [2.24, 2.45) is 5.92 Å². The van der Waals surface area contributed by atoms with Crippen LogP contribution in [0.15, 0.2) is 48.2 Å². The van der Waals surface area contributed by atoms with Gasteiger partial charge in [-0.25, -0.2) is 0 Å². The highest BCUT2D eigenvalue weighted by molar-refractivity contribution is 6.27. The van der Waals surface area contributed by atoms with Gasteiger partial charge in [-0.1, -0.05) is 31.2 Å². The predicted molar refractivity (Wildman–Crippen MR) is 151 cm³/mol. The van der Waals surface area contributed by atoms with Crippen molar-refractivity contribution in [1.29, 1.82) is 0 Å². The molecule has 0 fully saturated rings. The van der Waals surface area contributed by atoms with Crippen LogP contribution in [0, 0.1) is 12.8 Å². The average molecular weight is 558 g/mol. The number of ketones is 3. The molecule has 2 N–H and O–H groups in total. The van der Waals surface area contributed by atoms with E-state index in [0.29, 0.717) is 6.61 Å². The van der Waals surface area contributed by atoms with Gasteiger partial charge in [0, 0.05) is 24.1 Å². The fraction of sp³-hybridized carbons (Fsp3) is 0.312. The van der Waals surface area contributed by atoms with Gasteiger partial charge in [-0.2, -0.15) is 0 Å². The lowest BCUT2D eigenvalue weighted by Gasteiger charge is -2.30. The minimum absolute atomic E-state index is 0.0116. The Bertz CT molecular complexity index is 1670. The van der Waals surface area contributed by atoms with Gasteiger partial charge in [-0.05, 0) is 49.8 Å². The number of carbonyl (C=O) groups is 4. The van der Waals surface area contributed by atoms with Crippen LogP contribution >= 0.6 is 0 Å². The Kier molecular flexibility index (Phi) is 7.07. The number of hydrogen-bond donors (Lipinski definition) is 2. The molecule has 9 heteroatoms. The zero-order chi connectivity index (χ0) is 29.6. The molecule has 3 aromatic carbocycles. The maximum atomic E-state index is 13.7. The minimum atomic E-state index is -1.63. The van der Waals surface area contributed by atoms with Gasteiger partial charge >= 0.3 is 0 Å². The van der Waals surface area contributed by atoms with Gasteiger partial charge in [0.25, 0.3) is 5.91 Å². The first-order valence-electron chi connectivity index (χ1n) is 13.4. The third-order valence-corrected chi connectivity index (χ3v) is 7.82. The first-order chi connectivity index (χ1) is 19.5. The van der Waals surface area contributed by atoms with E-state index in [0.717, 1.165) is 40.1 Å². The number of rotatable bonds is 8. The van der Waals surface area contributed by atoms with Crippen molar-refractivity contribution in [1.82, 2.24) is 5.32 Å². The summed E-state index contributed by atoms with van der Waals surface area (Å²) in [6.45, 7) is 7.37. The highest BCUT2D eigenvalue weighted by atomic mass is 16.5. The summed E-state index contributed by atoms with van der Waals surface area (Å²) in [6.07, 6.45) is 1.97. The molecule has 1 aliphatic carbocycles. The number of amides is 1. The number of hydrogen-bond acceptors (Lipinski definition) is 8. The summed E-state index contributed by atoms with van der Waals surface area (Å²) < 4.78 is 17.3. The first-order valence-corrected chi connectivity index (χ1v) is 13.4. The number of phenols is 1. The van der Waals surface area contributed by atoms with E-state index in [1.165, 1.54) is 27.0 Å². The molecule has 1 unspecified atom stereocenters. The van der Waals surface area contributed by atoms with Crippen LogP contribution in [-0.4, -0.2) is 42.1 Å². The van der Waals surface area contributed by atoms with Gasteiger partial charge in [-0.3, -0.25) is 19.2 Å². The van der Waals surface area contributed by atoms with Crippen molar-refractivity contribution in [2.45, 2.75) is 46.1 Å². The standard InChI is InChI=1S/C32H31NO8/c1-6-11-40-23-12-16(2)20(18-9-7-8-10-19(18)23)15-33-31(38)27-24(39-5)13-22(36)28-29(27)41-25-14-21(35)26(17(3)34)30(37)32(25,28)4/h7-10,12-14,26,36H,6,11,15H2,1-5H3,(H,33,38)/t26?,32-/m1/s1. The molecule has 212 valence electrons. The van der Waals surface area contributed by atoms with Crippen LogP contribution in [0.1, 0.15) is 54.2 Å². The summed E-state index contributed by atoms with van der Waals surface area (Å²) in [5.74, 6) is -3.82. The Hall–Kier alpha value is -4.66. The molecule has 1 amide bonds. The van der Waals surface area contributed by atoms with E-state index in [1.807, 2.05) is 44.2 Å². The Morgan fingerprint density at radius 1 is 1.12 bits per heavy atom. The number of carbonyl (C=O) groups excluding carboxylic acids is 4. The van der Waals surface area contributed by atoms with Crippen molar-refractivity contribution in [2.75, 3.05) is 13.7 Å². The highest BCUT2D eigenvalue weighted by Crippen LogP contribution is 2.56. The van der Waals surface area contributed by atoms with Crippen molar-refractivity contribution in [3.63, 3.8) is 0 Å². The van der Waals surface area contributed by atoms with E-state index in [2.05, 4.69) is 5.32 Å². The molecule has 1 aliphatic heterocycles. The molecule has 0 saturated carbocycles. The average Bonchev–Trinajstić information content (AvgIpc) is 3.24. The SMILES string of the molecule is CCCOc1cc(C)c(CNC(=O)c2c(OC)cc(O)c3c2OC2=CC(=O)C(C(C)=O)C(=O)[C@]23C)c2ccccc12. The predicted octanol–water partition coefficient (Wildman–Crippen LogP) is 4.47. The van der Waals surface area contributed by atoms with E-state index in [1.54, 1.807) is 0 Å². The number of nitrogens with one attached hydrogen (secondary N) is 1. The summed E-state index contributed by atoms with van der Waals surface area (Å²) in [7, 11) is 1.34. The number of aromatic hydroxyl groups is 1. The quantitative estimate of drug-likeness (QED) is 0.388. The van der Waals surface area contributed by atoms with E-state index < -0.39 is 34.6 Å². The Balaban J connectivity index is 1.55. The molecular weight excluding hydrogens is 526 g/mol. The lowest BCUT2D eigenvalue weighted by Crippen LogP contribution is -2.47. The van der Waals surface area contributed by atoms with Gasteiger partial charge in [-0.15, -0.1) is 0 Å². The topological polar surface area (TPSA) is 128 Å². The second-order valence-corrected chi connectivity index (χ2v) is 10.5. The van der Waals surface area contributed by atoms with Gasteiger partial charge in [0.05, 0.1) is 19.3 Å². The molecule has 3 aromatic rings. The van der Waals surface area contributed by atoms with E-state index in [-0.39, 0.29) is 40.7 Å². The molecule has 41 heavy (non-hydrogen) atoms. The number of Topliss-reactive ketones (excluding diaryl/α,β-unsaturated/α-hetero) is 2. The highest BCUT2D eigenvalue weighted by Gasteiger charge is 2.58. The maximum absolute atomic E-state index is 13.7. The molecular formula is C32H31NO8. The van der Waals surface area contributed by atoms with Crippen LogP contribution in [0.2, 0.25) is 0 Å². The number of methoxy groups -OCH3 is 1. The molecule has 2 atom stereocenters. The van der Waals surface area contributed by atoms with Crippen molar-refractivity contribution in [3.8, 4) is 23.0 Å². The fourth-order valence-corrected chi connectivity index (χ4v) is 5.71. The minimum Gasteiger partial charge on any atom is -0.507 e. The molecule has 0 saturated heterocycles. The number of benzene rings is 3. The Labute approximate surface area is 237 Å². The van der Waals surface area contributed by atoms with Crippen LogP contribution in [-0.2, 0) is 26.3 Å². The summed E-state index contributed by atoms with van der Waals surface area (Å²) in [5.41, 5.74) is 0.157. The normalized spacial score (nSPS) is 19.2. The third kappa shape index (κ3) is 4.32. The summed E-state index contributed by atoms with van der Waals surface area (Å²) in [6, 6.07) is 11.0. The van der Waals surface area contributed by atoms with Crippen LogP contribution in [0.3, 0.4) is 0 Å². The van der Waals surface area contributed by atoms with E-state index in [9.17, 15) is 24.3 Å². The first kappa shape index (κ1) is 27.9. The molecule has 0 radical (unpaired) electrons. The fourth-order valence-electron chi connectivity index (χ4n) is 5.71. The zero-order valence-electron chi connectivity index (χ0n) is 23.5. The summed E-state index contributed by atoms with van der Waals surface area (Å²) >= 11 is 0. The molecule has 9 nitrogen and oxygen atoms in total. The van der Waals surface area contributed by atoms with Crippen molar-refractivity contribution >= 4 is 34.0 Å². The number of fused-ring (bicyclic) bond motifs is 4. The number of aryl methyl sites for hydroxylation is 1. The maximum Gasteiger partial charge on any atom is 0.259 e. The number of allylic oxidation sites excluding steroid dienone is 2. The molecule has 1 heterocycles. The Morgan fingerprint density at radius 2 is 1.83 bits per heavy atom. The van der Waals surface area contributed by atoms with E-state index >= 15 is 0 Å². The second-order valence-electron chi connectivity index (χ2n) is 10.5. The molecule has 5 rings (SSSR count).